The van der Waals surface area contributed by atoms with E-state index in [0.29, 0.717) is 5.92 Å². The molecule has 2 heteroatoms. The molecule has 1 atom stereocenters. The summed E-state index contributed by atoms with van der Waals surface area (Å²) in [6, 6.07) is 2.01. The Balaban J connectivity index is 2.04. The molecule has 2 nitrogen and oxygen atoms in total. The van der Waals surface area contributed by atoms with Crippen LogP contribution >= 0.6 is 0 Å². The zero-order chi connectivity index (χ0) is 10.1. The van der Waals surface area contributed by atoms with Gasteiger partial charge in [-0.2, -0.15) is 0 Å². The van der Waals surface area contributed by atoms with E-state index in [1.807, 2.05) is 25.4 Å². The number of aliphatic hydroxyl groups excluding tert-OH is 1. The van der Waals surface area contributed by atoms with Crippen molar-refractivity contribution in [2.24, 2.45) is 5.92 Å². The highest BCUT2D eigenvalue weighted by Gasteiger charge is 2.31. The Morgan fingerprint density at radius 2 is 2.43 bits per heavy atom. The van der Waals surface area contributed by atoms with Crippen LogP contribution in [0.3, 0.4) is 0 Å². The molecule has 0 bridgehead atoms. The van der Waals surface area contributed by atoms with E-state index in [4.69, 9.17) is 0 Å². The first kappa shape index (κ1) is 9.53. The Morgan fingerprint density at radius 3 is 3.00 bits per heavy atom. The molecule has 2 rings (SSSR count). The molecule has 76 valence electrons. The van der Waals surface area contributed by atoms with E-state index in [2.05, 4.69) is 11.1 Å². The third-order valence-electron chi connectivity index (χ3n) is 2.64. The molecule has 14 heavy (non-hydrogen) atoms. The molecule has 0 radical (unpaired) electrons. The summed E-state index contributed by atoms with van der Waals surface area (Å²) in [5.41, 5.74) is 2.18. The highest BCUT2D eigenvalue weighted by atomic mass is 16.3. The molecule has 1 aromatic rings. The van der Waals surface area contributed by atoms with Crippen LogP contribution in [-0.2, 0) is 6.54 Å². The Labute approximate surface area is 84.9 Å². The Bertz CT molecular complexity index is 336. The molecule has 0 amide bonds. The number of rotatable bonds is 4. The third kappa shape index (κ3) is 2.07. The van der Waals surface area contributed by atoms with Crippen molar-refractivity contribution in [2.45, 2.75) is 32.4 Å². The number of hydrogen-bond donors (Lipinski definition) is 1. The van der Waals surface area contributed by atoms with E-state index in [-0.39, 0.29) is 6.10 Å². The minimum Gasteiger partial charge on any atom is -0.388 e. The van der Waals surface area contributed by atoms with Crippen LogP contribution in [0.2, 0.25) is 0 Å². The summed E-state index contributed by atoms with van der Waals surface area (Å²) in [6.45, 7) is 6.72. The highest BCUT2D eigenvalue weighted by Crippen LogP contribution is 2.40. The predicted molar refractivity (Wildman–Crippen MR) is 56.9 cm³/mol. The first-order valence-corrected chi connectivity index (χ1v) is 5.15. The van der Waals surface area contributed by atoms with Gasteiger partial charge >= 0.3 is 0 Å². The molecule has 1 aliphatic carbocycles. The summed E-state index contributed by atoms with van der Waals surface area (Å²) in [5, 5.41) is 9.87. The Hall–Kier alpha value is -1.02. The fourth-order valence-corrected chi connectivity index (χ4v) is 1.73. The van der Waals surface area contributed by atoms with Gasteiger partial charge < -0.3 is 9.67 Å². The Kier molecular flexibility index (Phi) is 2.46. The molecule has 0 saturated heterocycles. The van der Waals surface area contributed by atoms with Gasteiger partial charge in [0.25, 0.3) is 0 Å². The molecule has 1 heterocycles. The van der Waals surface area contributed by atoms with Crippen LogP contribution in [0.15, 0.2) is 30.6 Å². The van der Waals surface area contributed by atoms with Crippen molar-refractivity contribution in [1.82, 2.24) is 4.57 Å². The van der Waals surface area contributed by atoms with Crippen molar-refractivity contribution in [3.8, 4) is 0 Å². The van der Waals surface area contributed by atoms with Crippen LogP contribution in [0.4, 0.5) is 0 Å². The quantitative estimate of drug-likeness (QED) is 0.727. The zero-order valence-corrected chi connectivity index (χ0v) is 8.61. The van der Waals surface area contributed by atoms with Crippen molar-refractivity contribution in [3.63, 3.8) is 0 Å². The molecule has 1 fully saturated rings. The number of aromatic nitrogens is 1. The van der Waals surface area contributed by atoms with Crippen molar-refractivity contribution in [2.75, 3.05) is 0 Å². The molecule has 1 aromatic heterocycles. The standard InChI is InChI=1S/C12H17NO/c1-9(2)7-13-6-5-11(8-13)12(14)10-3-4-10/h5-6,8,10,12,14H,1,3-4,7H2,2H3. The lowest BCUT2D eigenvalue weighted by atomic mass is 10.1. The second kappa shape index (κ2) is 3.62. The lowest BCUT2D eigenvalue weighted by Gasteiger charge is -2.06. The summed E-state index contributed by atoms with van der Waals surface area (Å²) in [6.07, 6.45) is 6.13. The van der Waals surface area contributed by atoms with E-state index in [9.17, 15) is 5.11 Å². The molecule has 1 saturated carbocycles. The number of aliphatic hydroxyl groups is 1. The van der Waals surface area contributed by atoms with Gasteiger partial charge in [0.1, 0.15) is 0 Å². The van der Waals surface area contributed by atoms with Gasteiger partial charge in [-0.3, -0.25) is 0 Å². The van der Waals surface area contributed by atoms with Crippen molar-refractivity contribution < 1.29 is 5.11 Å². The maximum absolute atomic E-state index is 9.87. The zero-order valence-electron chi connectivity index (χ0n) is 8.61. The molecular weight excluding hydrogens is 174 g/mol. The fourth-order valence-electron chi connectivity index (χ4n) is 1.73. The number of nitrogens with zero attached hydrogens (tertiary/aromatic N) is 1. The van der Waals surface area contributed by atoms with E-state index >= 15 is 0 Å². The van der Waals surface area contributed by atoms with Gasteiger partial charge in [-0.05, 0) is 37.3 Å². The van der Waals surface area contributed by atoms with Gasteiger partial charge in [0.2, 0.25) is 0 Å². The average molecular weight is 191 g/mol. The molecule has 1 aliphatic rings. The molecule has 1 unspecified atom stereocenters. The largest absolute Gasteiger partial charge is 0.388 e. The second-order valence-corrected chi connectivity index (χ2v) is 4.36. The van der Waals surface area contributed by atoms with Gasteiger partial charge in [0.15, 0.2) is 0 Å². The van der Waals surface area contributed by atoms with E-state index < -0.39 is 0 Å². The number of allylic oxidation sites excluding steroid dienone is 1. The predicted octanol–water partition coefficient (Wildman–Crippen LogP) is 2.51. The lowest BCUT2D eigenvalue weighted by Crippen LogP contribution is -1.99. The average Bonchev–Trinajstić information content (AvgIpc) is 2.86. The molecular formula is C12H17NO. The van der Waals surface area contributed by atoms with E-state index in [1.54, 1.807) is 0 Å². The van der Waals surface area contributed by atoms with Crippen LogP contribution in [0.5, 0.6) is 0 Å². The molecule has 0 aromatic carbocycles. The maximum Gasteiger partial charge on any atom is 0.0832 e. The summed E-state index contributed by atoms with van der Waals surface area (Å²) in [7, 11) is 0. The molecule has 1 N–H and O–H groups in total. The topological polar surface area (TPSA) is 25.2 Å². The van der Waals surface area contributed by atoms with Gasteiger partial charge in [0.05, 0.1) is 6.10 Å². The van der Waals surface area contributed by atoms with Gasteiger partial charge in [-0.25, -0.2) is 0 Å². The summed E-state index contributed by atoms with van der Waals surface area (Å²) < 4.78 is 2.07. The normalized spacial score (nSPS) is 18.1. The minimum absolute atomic E-state index is 0.249. The highest BCUT2D eigenvalue weighted by molar-refractivity contribution is 5.16. The van der Waals surface area contributed by atoms with Crippen LogP contribution in [0.1, 0.15) is 31.4 Å². The smallest absolute Gasteiger partial charge is 0.0832 e. The van der Waals surface area contributed by atoms with Crippen molar-refractivity contribution in [1.29, 1.82) is 0 Å². The van der Waals surface area contributed by atoms with Crippen LogP contribution in [-0.4, -0.2) is 9.67 Å². The first-order chi connectivity index (χ1) is 6.66. The van der Waals surface area contributed by atoms with E-state index in [0.717, 1.165) is 17.7 Å². The summed E-state index contributed by atoms with van der Waals surface area (Å²) >= 11 is 0. The van der Waals surface area contributed by atoms with Gasteiger partial charge in [0, 0.05) is 18.9 Å². The summed E-state index contributed by atoms with van der Waals surface area (Å²) in [4.78, 5) is 0. The second-order valence-electron chi connectivity index (χ2n) is 4.36. The first-order valence-electron chi connectivity index (χ1n) is 5.15. The van der Waals surface area contributed by atoms with Crippen LogP contribution in [0.25, 0.3) is 0 Å². The third-order valence-corrected chi connectivity index (χ3v) is 2.64. The van der Waals surface area contributed by atoms with Crippen LogP contribution < -0.4 is 0 Å². The van der Waals surface area contributed by atoms with Crippen molar-refractivity contribution >= 4 is 0 Å². The minimum atomic E-state index is -0.249. The van der Waals surface area contributed by atoms with Gasteiger partial charge in [-0.15, -0.1) is 0 Å². The molecule has 0 aliphatic heterocycles. The summed E-state index contributed by atoms with van der Waals surface area (Å²) in [5.74, 6) is 0.510. The monoisotopic (exact) mass is 191 g/mol. The van der Waals surface area contributed by atoms with Crippen molar-refractivity contribution in [3.05, 3.63) is 36.2 Å². The van der Waals surface area contributed by atoms with Gasteiger partial charge in [-0.1, -0.05) is 12.2 Å². The van der Waals surface area contributed by atoms with E-state index in [1.165, 1.54) is 12.8 Å². The number of hydrogen-bond acceptors (Lipinski definition) is 1. The lowest BCUT2D eigenvalue weighted by molar-refractivity contribution is 0.154. The maximum atomic E-state index is 9.87. The Morgan fingerprint density at radius 1 is 1.71 bits per heavy atom. The SMILES string of the molecule is C=C(C)Cn1ccc(C(O)C2CC2)c1. The van der Waals surface area contributed by atoms with Crippen LogP contribution in [0, 0.1) is 5.92 Å². The fraction of sp³-hybridized carbons (Fsp3) is 0.500. The molecule has 0 spiro atoms.